The Morgan fingerprint density at radius 1 is 0.662 bits per heavy atom. The molecule has 6 rings (SSSR count). The number of hydrogen-bond acceptors (Lipinski definition) is 21. The van der Waals surface area contributed by atoms with Crippen molar-refractivity contribution in [2.75, 3.05) is 32.8 Å². The van der Waals surface area contributed by atoms with Gasteiger partial charge in [-0.25, -0.2) is 0 Å². The molecule has 74 heavy (non-hydrogen) atoms. The Labute approximate surface area is 426 Å². The topological polar surface area (TPSA) is 382 Å². The molecule has 26 nitrogen and oxygen atoms in total. The van der Waals surface area contributed by atoms with Crippen LogP contribution < -0.4 is 0 Å². The largest absolute Gasteiger partial charge is 0.481 e. The second-order valence-corrected chi connectivity index (χ2v) is 22.8. The number of carbonyl (C=O) groups is 6. The molecule has 0 radical (unpaired) electrons. The predicted molar refractivity (Wildman–Crippen MR) is 250 cm³/mol. The van der Waals surface area contributed by atoms with Gasteiger partial charge in [0.15, 0.2) is 30.4 Å². The highest BCUT2D eigenvalue weighted by molar-refractivity contribution is 5.95. The lowest BCUT2D eigenvalue weighted by molar-refractivity contribution is -0.479. The Morgan fingerprint density at radius 2 is 1.15 bits per heavy atom. The molecule has 6 aliphatic rings. The summed E-state index contributed by atoms with van der Waals surface area (Å²) in [7, 11) is 0. The molecule has 14 atom stereocenters. The third-order valence-corrected chi connectivity index (χ3v) is 17.9. The summed E-state index contributed by atoms with van der Waals surface area (Å²) in [5, 5.41) is 73.6. The van der Waals surface area contributed by atoms with Crippen LogP contribution in [0.2, 0.25) is 0 Å². The zero-order valence-corrected chi connectivity index (χ0v) is 42.9. The van der Waals surface area contributed by atoms with Gasteiger partial charge in [-0.05, 0) is 110 Å². The number of carboxylic acids is 1. The van der Waals surface area contributed by atoms with Crippen LogP contribution in [0.4, 0.5) is 0 Å². The number of ether oxygens (including phenoxy) is 5. The second-order valence-electron chi connectivity index (χ2n) is 22.8. The summed E-state index contributed by atoms with van der Waals surface area (Å²) in [5.74, 6) is -5.00. The van der Waals surface area contributed by atoms with Crippen molar-refractivity contribution in [2.45, 2.75) is 169 Å². The lowest BCUT2D eigenvalue weighted by Gasteiger charge is -2.70. The van der Waals surface area contributed by atoms with Crippen LogP contribution in [-0.4, -0.2) is 140 Å². The average molecular weight is 1060 g/mol. The minimum Gasteiger partial charge on any atom is -0.481 e. The van der Waals surface area contributed by atoms with E-state index in [9.17, 15) is 84.5 Å². The van der Waals surface area contributed by atoms with E-state index in [2.05, 4.69) is 41.5 Å². The van der Waals surface area contributed by atoms with Crippen LogP contribution in [0, 0.1) is 90.7 Å². The van der Waals surface area contributed by atoms with Crippen molar-refractivity contribution in [2.24, 2.45) is 50.2 Å². The summed E-state index contributed by atoms with van der Waals surface area (Å²) in [4.78, 5) is 114. The third-order valence-electron chi connectivity index (χ3n) is 17.9. The number of allylic oxidation sites excluding steroid dienone is 2. The number of hydrogen-bond donors (Lipinski definition) is 3. The van der Waals surface area contributed by atoms with Gasteiger partial charge in [0.25, 0.3) is 0 Å². The van der Waals surface area contributed by atoms with Gasteiger partial charge in [0.05, 0.1) is 11.5 Å². The van der Waals surface area contributed by atoms with Gasteiger partial charge in [-0.3, -0.25) is 69.2 Å². The maximum absolute atomic E-state index is 14.2. The van der Waals surface area contributed by atoms with E-state index in [-0.39, 0.29) is 50.8 Å². The number of carbonyl (C=O) groups excluding carboxylic acids is 5. The molecule has 5 aliphatic carbocycles. The predicted octanol–water partition coefficient (Wildman–Crippen LogP) is 4.06. The quantitative estimate of drug-likeness (QED) is 0.0754. The van der Waals surface area contributed by atoms with E-state index in [4.69, 9.17) is 23.7 Å². The highest BCUT2D eigenvalue weighted by Gasteiger charge is 2.70. The molecule has 5 fully saturated rings. The molecule has 414 valence electrons. The Balaban J connectivity index is 0.000000276. The highest BCUT2D eigenvalue weighted by Crippen LogP contribution is 2.75. The summed E-state index contributed by atoms with van der Waals surface area (Å²) < 4.78 is 25.1. The monoisotopic (exact) mass is 1050 g/mol. The van der Waals surface area contributed by atoms with Gasteiger partial charge in [0.2, 0.25) is 26.2 Å². The fraction of sp³-hybridized carbons (Fsp3) is 0.833. The molecule has 0 aromatic carbocycles. The van der Waals surface area contributed by atoms with Crippen LogP contribution in [0.3, 0.4) is 0 Å². The van der Waals surface area contributed by atoms with E-state index in [0.29, 0.717) is 12.3 Å². The number of aliphatic carboxylic acids is 1. The van der Waals surface area contributed by atoms with Crippen LogP contribution in [0.25, 0.3) is 0 Å². The van der Waals surface area contributed by atoms with Crippen molar-refractivity contribution in [1.82, 2.24) is 0 Å². The summed E-state index contributed by atoms with van der Waals surface area (Å²) in [6, 6.07) is 0. The second kappa shape index (κ2) is 22.6. The van der Waals surface area contributed by atoms with Crippen molar-refractivity contribution < 1.29 is 87.5 Å². The smallest absolute Gasteiger partial charge is 0.313 e. The normalized spacial score (nSPS) is 36.7. The van der Waals surface area contributed by atoms with E-state index in [1.165, 1.54) is 5.57 Å². The third kappa shape index (κ3) is 12.3. The lowest BCUT2D eigenvalue weighted by Crippen LogP contribution is -2.66. The van der Waals surface area contributed by atoms with Crippen LogP contribution in [0.5, 0.6) is 0 Å². The van der Waals surface area contributed by atoms with Crippen molar-refractivity contribution in [1.29, 1.82) is 0 Å². The van der Waals surface area contributed by atoms with E-state index >= 15 is 0 Å². The molecule has 0 aromatic rings. The molecule has 26 heteroatoms. The number of fused-ring (bicyclic) bond motifs is 7. The number of ketones is 1. The average Bonchev–Trinajstić information content (AvgIpc) is 3.30. The molecule has 1 aliphatic heterocycles. The maximum Gasteiger partial charge on any atom is 0.313 e. The van der Waals surface area contributed by atoms with E-state index in [1.807, 2.05) is 13.0 Å². The molecular weight excluding hydrogens is 985 g/mol. The van der Waals surface area contributed by atoms with Gasteiger partial charge in [0, 0.05) is 25.6 Å². The SMILES string of the molecule is CC1(C(=O)O)CCC2(C)CCC3(C)C(=CC(=O)C4C5(C)CCC(O)C(C)(C)C5CCC43C)C2C1.O=C(CC[N+](=O)[O-])OCC1OC(O)C(OC(=O)CC[N+](=O)[O-])C(OC(=O)CC[N+](=O)[O-])C1OC(=O)CC[N+](=O)[O-]. The van der Waals surface area contributed by atoms with Gasteiger partial charge < -0.3 is 39.0 Å². The lowest BCUT2D eigenvalue weighted by atomic mass is 9.33. The number of nitrogens with zero attached hydrogens (tertiary/aromatic N) is 4. The molecule has 3 N–H and O–H groups in total. The summed E-state index contributed by atoms with van der Waals surface area (Å²) in [6.07, 6.45) is -3.22. The molecule has 0 aromatic heterocycles. The first kappa shape index (κ1) is 59.1. The maximum atomic E-state index is 14.2. The fourth-order valence-electron chi connectivity index (χ4n) is 13.4. The molecule has 0 bridgehead atoms. The van der Waals surface area contributed by atoms with Crippen molar-refractivity contribution in [3.8, 4) is 0 Å². The highest BCUT2D eigenvalue weighted by atomic mass is 16.7. The number of aliphatic hydroxyl groups excluding tert-OH is 2. The number of rotatable bonds is 18. The Bertz CT molecular complexity index is 2270. The van der Waals surface area contributed by atoms with Crippen LogP contribution in [0.1, 0.15) is 132 Å². The molecule has 0 amide bonds. The molecule has 1 heterocycles. The minimum atomic E-state index is -2.22. The Morgan fingerprint density at radius 3 is 1.66 bits per heavy atom. The standard InChI is InChI=1S/C30H46O4.C18H24N4O18/c1-25(2)21-8-11-30(7)23(28(21,5)10-9-22(25)32)20(31)16-18-19-17-27(4,24(33)34)13-12-26(19,3)14-15-29(18,30)6;23-11(1-5-19(28)29)36-9-10-15(38-12(24)2-6-20(30)31)16(39-13(25)3-7-21(32)33)17(18(27)37-10)40-14(26)4-8-22(34)35/h16,19,21-23,32H,8-15,17H2,1-7H3,(H,33,34);10,15-18,27H,1-9H2. The van der Waals surface area contributed by atoms with Crippen molar-refractivity contribution in [3.63, 3.8) is 0 Å². The Hall–Kier alpha value is -5.76. The first-order valence-electron chi connectivity index (χ1n) is 25.0. The summed E-state index contributed by atoms with van der Waals surface area (Å²) in [6.45, 7) is 11.4. The molecule has 4 saturated carbocycles. The molecule has 0 spiro atoms. The number of carboxylic acid groups (broad SMARTS) is 1. The summed E-state index contributed by atoms with van der Waals surface area (Å²) in [5.41, 5.74) is 0.142. The fourth-order valence-corrected chi connectivity index (χ4v) is 13.4. The van der Waals surface area contributed by atoms with Gasteiger partial charge in [-0.1, -0.05) is 47.1 Å². The van der Waals surface area contributed by atoms with E-state index in [1.54, 1.807) is 0 Å². The van der Waals surface area contributed by atoms with Gasteiger partial charge in [-0.2, -0.15) is 0 Å². The van der Waals surface area contributed by atoms with Crippen molar-refractivity contribution >= 4 is 35.6 Å². The van der Waals surface area contributed by atoms with E-state index < -0.39 is 144 Å². The zero-order valence-electron chi connectivity index (χ0n) is 42.9. The molecular formula is C48H70N4O22. The summed E-state index contributed by atoms with van der Waals surface area (Å²) >= 11 is 0. The first-order valence-corrected chi connectivity index (χ1v) is 25.0. The first-order chi connectivity index (χ1) is 34.2. The Kier molecular flexibility index (Phi) is 18.1. The molecule has 1 saturated heterocycles. The van der Waals surface area contributed by atoms with Gasteiger partial charge >= 0.3 is 29.8 Å². The number of aliphatic hydroxyl groups is 2. The molecule has 14 unspecified atom stereocenters. The van der Waals surface area contributed by atoms with Crippen molar-refractivity contribution in [3.05, 3.63) is 52.1 Å². The number of esters is 4. The van der Waals surface area contributed by atoms with Crippen LogP contribution in [-0.2, 0) is 52.5 Å². The van der Waals surface area contributed by atoms with Gasteiger partial charge in [-0.15, -0.1) is 0 Å². The van der Waals surface area contributed by atoms with Crippen LogP contribution in [0.15, 0.2) is 11.6 Å². The minimum absolute atomic E-state index is 0.0296. The number of nitro groups is 4. The van der Waals surface area contributed by atoms with Gasteiger partial charge in [0.1, 0.15) is 38.4 Å². The van der Waals surface area contributed by atoms with Crippen LogP contribution >= 0.6 is 0 Å². The van der Waals surface area contributed by atoms with E-state index in [0.717, 1.165) is 51.4 Å². The zero-order chi connectivity index (χ0) is 55.5.